The zero-order valence-corrected chi connectivity index (χ0v) is 17.3. The lowest BCUT2D eigenvalue weighted by Gasteiger charge is -2.21. The van der Waals surface area contributed by atoms with E-state index in [1.54, 1.807) is 12.1 Å². The summed E-state index contributed by atoms with van der Waals surface area (Å²) >= 11 is 0. The summed E-state index contributed by atoms with van der Waals surface area (Å²) < 4.78 is 101. The second-order valence-electron chi connectivity index (χ2n) is 7.36. The van der Waals surface area contributed by atoms with Crippen LogP contribution in [-0.2, 0) is 23.8 Å². The van der Waals surface area contributed by atoms with Gasteiger partial charge in [0.1, 0.15) is 17.1 Å². The van der Waals surface area contributed by atoms with E-state index in [9.17, 15) is 31.4 Å². The zero-order chi connectivity index (χ0) is 24.4. The molecule has 0 amide bonds. The summed E-state index contributed by atoms with van der Waals surface area (Å²) in [6.07, 6.45) is -6.75. The predicted octanol–water partition coefficient (Wildman–Crippen LogP) is 8.27. The van der Waals surface area contributed by atoms with Gasteiger partial charge in [-0.05, 0) is 48.2 Å². The Morgan fingerprint density at radius 2 is 1.48 bits per heavy atom. The third kappa shape index (κ3) is 5.40. The number of ether oxygens (including phenoxy) is 1. The van der Waals surface area contributed by atoms with E-state index >= 15 is 4.39 Å². The Kier molecular flexibility index (Phi) is 6.90. The number of alkyl halides is 5. The van der Waals surface area contributed by atoms with Crippen LogP contribution in [0.25, 0.3) is 11.1 Å². The topological polar surface area (TPSA) is 29.1 Å². The van der Waals surface area contributed by atoms with Gasteiger partial charge in [0, 0.05) is 6.07 Å². The molecule has 1 radical (unpaired) electrons. The number of rotatable bonds is 7. The Labute approximate surface area is 185 Å². The van der Waals surface area contributed by atoms with Gasteiger partial charge in [-0.25, -0.2) is 8.78 Å². The smallest absolute Gasteiger partial charge is 0.429 e. The van der Waals surface area contributed by atoms with Crippen LogP contribution in [0.5, 0.6) is 11.5 Å². The maximum absolute atomic E-state index is 15.1. The molecule has 3 aromatic rings. The third-order valence-electron chi connectivity index (χ3n) is 4.96. The third-order valence-corrected chi connectivity index (χ3v) is 4.96. The molecule has 0 fully saturated rings. The second-order valence-corrected chi connectivity index (χ2v) is 7.36. The fourth-order valence-corrected chi connectivity index (χ4v) is 3.26. The molecule has 0 aliphatic heterocycles. The van der Waals surface area contributed by atoms with Crippen molar-refractivity contribution in [2.45, 2.75) is 38.5 Å². The van der Waals surface area contributed by atoms with E-state index in [2.05, 4.69) is 4.74 Å². The van der Waals surface area contributed by atoms with Gasteiger partial charge in [-0.1, -0.05) is 37.6 Å². The van der Waals surface area contributed by atoms with Crippen LogP contribution in [0, 0.1) is 11.6 Å². The molecular weight excluding hydrogens is 453 g/mol. The van der Waals surface area contributed by atoms with E-state index in [4.69, 9.17) is 0 Å². The minimum Gasteiger partial charge on any atom is -0.429 e. The van der Waals surface area contributed by atoms with Crippen molar-refractivity contribution >= 4 is 0 Å². The van der Waals surface area contributed by atoms with E-state index in [0.29, 0.717) is 24.3 Å². The first-order valence-electron chi connectivity index (χ1n) is 9.97. The maximum Gasteiger partial charge on any atom is 0.432 e. The summed E-state index contributed by atoms with van der Waals surface area (Å²) in [4.78, 5) is 0. The number of benzene rings is 3. The molecule has 0 saturated carbocycles. The Balaban J connectivity index is 1.97. The Hall–Kier alpha value is -3.23. The first kappa shape index (κ1) is 24.4. The number of hydrogen-bond donors (Lipinski definition) is 0. The van der Waals surface area contributed by atoms with Crippen LogP contribution in [0.3, 0.4) is 0 Å². The molecule has 0 unspecified atom stereocenters. The fourth-order valence-electron chi connectivity index (χ4n) is 3.26. The molecule has 0 bridgehead atoms. The van der Waals surface area contributed by atoms with E-state index in [0.717, 1.165) is 24.8 Å². The number of unbranched alkanes of at least 4 members (excludes halogenated alkanes) is 1. The van der Waals surface area contributed by atoms with Crippen molar-refractivity contribution in [1.82, 2.24) is 0 Å². The van der Waals surface area contributed by atoms with Crippen molar-refractivity contribution in [2.24, 2.45) is 0 Å². The monoisotopic (exact) mass is 471 g/mol. The first-order valence-corrected chi connectivity index (χ1v) is 9.97. The van der Waals surface area contributed by atoms with Crippen LogP contribution in [0.15, 0.2) is 54.6 Å². The van der Waals surface area contributed by atoms with Gasteiger partial charge in [-0.2, -0.15) is 22.0 Å². The molecule has 33 heavy (non-hydrogen) atoms. The zero-order valence-electron chi connectivity index (χ0n) is 17.3. The van der Waals surface area contributed by atoms with Crippen molar-refractivity contribution in [1.29, 1.82) is 0 Å². The van der Waals surface area contributed by atoms with Crippen LogP contribution < -0.4 is 4.74 Å². The molecule has 0 aliphatic rings. The maximum atomic E-state index is 15.1. The molecule has 0 N–H and O–H groups in total. The van der Waals surface area contributed by atoms with E-state index in [-0.39, 0.29) is 11.6 Å². The Morgan fingerprint density at radius 1 is 0.879 bits per heavy atom. The summed E-state index contributed by atoms with van der Waals surface area (Å²) in [7, 11) is 0. The molecule has 0 aliphatic carbocycles. The molecule has 2 nitrogen and oxygen atoms in total. The second kappa shape index (κ2) is 9.33. The molecule has 9 heteroatoms. The standard InChI is InChI=1S/C24H18F7O2/c1-2-3-4-14-5-7-15(8-6-14)20-19(32)13-18(25)21(22(20)26)24(30,31)33-17-11-9-16(10-12-17)23(27,28)29/h5-13H,2-4H2,1H3. The van der Waals surface area contributed by atoms with Crippen LogP contribution >= 0.6 is 0 Å². The molecule has 3 rings (SSSR count). The lowest BCUT2D eigenvalue weighted by molar-refractivity contribution is -0.189. The summed E-state index contributed by atoms with van der Waals surface area (Å²) in [5, 5.41) is 12.2. The molecule has 0 saturated heterocycles. The van der Waals surface area contributed by atoms with E-state index in [1.807, 2.05) is 6.92 Å². The highest BCUT2D eigenvalue weighted by Gasteiger charge is 2.43. The summed E-state index contributed by atoms with van der Waals surface area (Å²) in [5.74, 6) is -5.53. The van der Waals surface area contributed by atoms with Crippen LogP contribution in [0.2, 0.25) is 0 Å². The number of halogens is 7. The minimum atomic E-state index is -4.70. The van der Waals surface area contributed by atoms with Gasteiger partial charge in [0.05, 0.1) is 11.1 Å². The van der Waals surface area contributed by atoms with Crippen molar-refractivity contribution in [3.8, 4) is 22.6 Å². The SMILES string of the molecule is CCCCc1ccc(-c2c([O])cc(F)c(C(F)(F)Oc3ccc(C(F)(F)F)cc3)c2F)cc1. The highest BCUT2D eigenvalue weighted by atomic mass is 19.4. The fraction of sp³-hybridized carbons (Fsp3) is 0.250. The van der Waals surface area contributed by atoms with Crippen molar-refractivity contribution in [3.63, 3.8) is 0 Å². The van der Waals surface area contributed by atoms with Gasteiger partial charge in [-0.15, -0.1) is 0 Å². The Morgan fingerprint density at radius 3 is 2.03 bits per heavy atom. The average Bonchev–Trinajstić information content (AvgIpc) is 2.72. The average molecular weight is 471 g/mol. The molecule has 175 valence electrons. The largest absolute Gasteiger partial charge is 0.432 e. The van der Waals surface area contributed by atoms with Crippen molar-refractivity contribution in [3.05, 3.63) is 82.9 Å². The van der Waals surface area contributed by atoms with E-state index < -0.39 is 52.1 Å². The lowest BCUT2D eigenvalue weighted by Crippen LogP contribution is -2.25. The van der Waals surface area contributed by atoms with Crippen LogP contribution in [0.1, 0.15) is 36.5 Å². The van der Waals surface area contributed by atoms with Crippen LogP contribution in [-0.4, -0.2) is 0 Å². The molecule has 0 heterocycles. The van der Waals surface area contributed by atoms with Gasteiger partial charge in [0.15, 0.2) is 11.6 Å². The van der Waals surface area contributed by atoms with Gasteiger partial charge in [-0.3, -0.25) is 5.11 Å². The molecule has 3 aromatic carbocycles. The molecular formula is C24H18F7O2. The van der Waals surface area contributed by atoms with Gasteiger partial charge in [0.2, 0.25) is 0 Å². The highest BCUT2D eigenvalue weighted by Crippen LogP contribution is 2.42. The quantitative estimate of drug-likeness (QED) is 0.319. The number of hydrogen-bond acceptors (Lipinski definition) is 1. The molecule has 0 atom stereocenters. The van der Waals surface area contributed by atoms with E-state index in [1.165, 1.54) is 12.1 Å². The van der Waals surface area contributed by atoms with Gasteiger partial charge in [0.25, 0.3) is 0 Å². The van der Waals surface area contributed by atoms with Crippen molar-refractivity contribution in [2.75, 3.05) is 0 Å². The normalized spacial score (nSPS) is 12.1. The van der Waals surface area contributed by atoms with Gasteiger partial charge >= 0.3 is 12.3 Å². The predicted molar refractivity (Wildman–Crippen MR) is 107 cm³/mol. The molecule has 0 aromatic heterocycles. The lowest BCUT2D eigenvalue weighted by atomic mass is 9.97. The summed E-state index contributed by atoms with van der Waals surface area (Å²) in [6.45, 7) is 2.00. The molecule has 0 spiro atoms. The number of aryl methyl sites for hydroxylation is 1. The Bertz CT molecular complexity index is 1110. The first-order chi connectivity index (χ1) is 15.4. The van der Waals surface area contributed by atoms with Crippen molar-refractivity contribution < 1.29 is 40.6 Å². The van der Waals surface area contributed by atoms with Crippen LogP contribution in [0.4, 0.5) is 30.7 Å². The summed E-state index contributed by atoms with van der Waals surface area (Å²) in [6, 6.07) is 8.39. The minimum absolute atomic E-state index is 0.0238. The summed E-state index contributed by atoms with van der Waals surface area (Å²) in [5.41, 5.74) is -2.82. The highest BCUT2D eigenvalue weighted by molar-refractivity contribution is 5.72. The van der Waals surface area contributed by atoms with Gasteiger partial charge < -0.3 is 4.74 Å².